The molecule has 0 aliphatic carbocycles. The van der Waals surface area contributed by atoms with E-state index < -0.39 is 24.3 Å². The number of ether oxygens (including phenoxy) is 1. The Kier molecular flexibility index (Phi) is 5.76. The molecule has 0 saturated heterocycles. The van der Waals surface area contributed by atoms with Gasteiger partial charge in [0.2, 0.25) is 5.88 Å². The van der Waals surface area contributed by atoms with Gasteiger partial charge in [0, 0.05) is 12.7 Å². The summed E-state index contributed by atoms with van der Waals surface area (Å²) in [7, 11) is 0. The molecule has 1 aromatic rings. The van der Waals surface area contributed by atoms with Gasteiger partial charge in [0.25, 0.3) is 6.10 Å². The monoisotopic (exact) mass is 317 g/mol. The second kappa shape index (κ2) is 6.92. The average molecular weight is 317 g/mol. The summed E-state index contributed by atoms with van der Waals surface area (Å²) in [6.07, 6.45) is -12.4. The fourth-order valence-corrected chi connectivity index (χ4v) is 1.36. The number of nitrogens with one attached hydrogen (secondary N) is 1. The normalized spacial score (nSPS) is 12.8. The Hall–Kier alpha value is -1.58. The topological polar surface area (TPSA) is 47.0 Å². The molecule has 1 N–H and O–H groups in total. The number of nitrogens with zero attached hydrogens (tertiary/aromatic N) is 2. The van der Waals surface area contributed by atoms with E-state index in [1.165, 1.54) is 6.20 Å². The van der Waals surface area contributed by atoms with Crippen LogP contribution in [0, 0.1) is 0 Å². The number of alkyl halides is 6. The molecule has 1 rings (SSSR count). The maximum atomic E-state index is 12.3. The van der Waals surface area contributed by atoms with Gasteiger partial charge >= 0.3 is 12.4 Å². The Balaban J connectivity index is 2.83. The quantitative estimate of drug-likeness (QED) is 0.647. The Morgan fingerprint density at radius 1 is 1.14 bits per heavy atom. The number of hydrogen-bond donors (Lipinski definition) is 1. The minimum absolute atomic E-state index is 0.167. The third kappa shape index (κ3) is 5.74. The van der Waals surface area contributed by atoms with Crippen molar-refractivity contribution in [3.8, 4) is 5.88 Å². The lowest BCUT2D eigenvalue weighted by molar-refractivity contribution is -0.300. The minimum atomic E-state index is -5.59. The van der Waals surface area contributed by atoms with Crippen molar-refractivity contribution in [3.05, 3.63) is 18.1 Å². The first kappa shape index (κ1) is 17.5. The fraction of sp³-hybridized carbons (Fsp3) is 0.636. The number of aromatic nitrogens is 2. The SMILES string of the molecule is CCCNCc1cncc(OC(C(F)(F)F)C(F)(F)F)n1. The van der Waals surface area contributed by atoms with E-state index >= 15 is 0 Å². The highest BCUT2D eigenvalue weighted by Gasteiger charge is 2.59. The zero-order valence-corrected chi connectivity index (χ0v) is 10.9. The zero-order valence-electron chi connectivity index (χ0n) is 10.9. The second-order valence-electron chi connectivity index (χ2n) is 4.11. The maximum absolute atomic E-state index is 12.3. The lowest BCUT2D eigenvalue weighted by Crippen LogP contribution is -2.46. The first-order valence-corrected chi connectivity index (χ1v) is 5.96. The zero-order chi connectivity index (χ0) is 16.1. The average Bonchev–Trinajstić information content (AvgIpc) is 2.34. The summed E-state index contributed by atoms with van der Waals surface area (Å²) in [6, 6.07) is 0. The van der Waals surface area contributed by atoms with E-state index in [2.05, 4.69) is 20.0 Å². The second-order valence-corrected chi connectivity index (χ2v) is 4.11. The van der Waals surface area contributed by atoms with Crippen LogP contribution in [0.15, 0.2) is 12.4 Å². The summed E-state index contributed by atoms with van der Waals surface area (Å²) in [5.41, 5.74) is 0.184. The first-order chi connectivity index (χ1) is 9.64. The van der Waals surface area contributed by atoms with Crippen LogP contribution in [-0.2, 0) is 6.54 Å². The van der Waals surface area contributed by atoms with Crippen molar-refractivity contribution in [2.24, 2.45) is 0 Å². The smallest absolute Gasteiger partial charge is 0.434 e. The lowest BCUT2D eigenvalue weighted by atomic mass is 10.3. The molecule has 0 unspecified atom stereocenters. The van der Waals surface area contributed by atoms with Crippen LogP contribution in [0.4, 0.5) is 26.3 Å². The molecule has 0 fully saturated rings. The van der Waals surface area contributed by atoms with Crippen molar-refractivity contribution in [1.82, 2.24) is 15.3 Å². The third-order valence-corrected chi connectivity index (χ3v) is 2.23. The Morgan fingerprint density at radius 3 is 2.29 bits per heavy atom. The number of halogens is 6. The van der Waals surface area contributed by atoms with Gasteiger partial charge in [-0.15, -0.1) is 0 Å². The fourth-order valence-electron chi connectivity index (χ4n) is 1.36. The molecule has 4 nitrogen and oxygen atoms in total. The summed E-state index contributed by atoms with van der Waals surface area (Å²) < 4.78 is 78.0. The number of rotatable bonds is 6. The van der Waals surface area contributed by atoms with E-state index in [-0.39, 0.29) is 12.2 Å². The predicted molar refractivity (Wildman–Crippen MR) is 60.6 cm³/mol. The third-order valence-electron chi connectivity index (χ3n) is 2.23. The van der Waals surface area contributed by atoms with Crippen LogP contribution in [0.25, 0.3) is 0 Å². The molecule has 0 radical (unpaired) electrons. The lowest BCUT2D eigenvalue weighted by Gasteiger charge is -2.23. The maximum Gasteiger partial charge on any atom is 0.434 e. The molecule has 0 aromatic carbocycles. The Morgan fingerprint density at radius 2 is 1.76 bits per heavy atom. The Labute approximate surface area is 116 Å². The van der Waals surface area contributed by atoms with Gasteiger partial charge in [0.1, 0.15) is 0 Å². The molecule has 0 bridgehead atoms. The predicted octanol–water partition coefficient (Wildman–Crippen LogP) is 2.85. The molecule has 21 heavy (non-hydrogen) atoms. The van der Waals surface area contributed by atoms with Crippen molar-refractivity contribution in [2.45, 2.75) is 38.3 Å². The van der Waals surface area contributed by atoms with Crippen LogP contribution >= 0.6 is 0 Å². The van der Waals surface area contributed by atoms with Gasteiger partial charge < -0.3 is 10.1 Å². The molecule has 10 heteroatoms. The molecular formula is C11H13F6N3O. The molecule has 1 heterocycles. The van der Waals surface area contributed by atoms with Crippen molar-refractivity contribution >= 4 is 0 Å². The van der Waals surface area contributed by atoms with E-state index in [0.29, 0.717) is 12.7 Å². The van der Waals surface area contributed by atoms with Gasteiger partial charge in [-0.25, -0.2) is 4.98 Å². The van der Waals surface area contributed by atoms with Crippen molar-refractivity contribution in [3.63, 3.8) is 0 Å². The van der Waals surface area contributed by atoms with Crippen LogP contribution in [0.1, 0.15) is 19.0 Å². The van der Waals surface area contributed by atoms with Crippen molar-refractivity contribution < 1.29 is 31.1 Å². The van der Waals surface area contributed by atoms with Gasteiger partial charge in [-0.2, -0.15) is 26.3 Å². The molecule has 0 amide bonds. The van der Waals surface area contributed by atoms with Crippen molar-refractivity contribution in [1.29, 1.82) is 0 Å². The van der Waals surface area contributed by atoms with E-state index in [1.807, 2.05) is 6.92 Å². The van der Waals surface area contributed by atoms with Gasteiger partial charge in [0.15, 0.2) is 0 Å². The first-order valence-electron chi connectivity index (χ1n) is 5.96. The molecule has 0 atom stereocenters. The van der Waals surface area contributed by atoms with E-state index in [9.17, 15) is 26.3 Å². The molecule has 0 aliphatic heterocycles. The van der Waals surface area contributed by atoms with Crippen LogP contribution in [0.2, 0.25) is 0 Å². The summed E-state index contributed by atoms with van der Waals surface area (Å²) in [4.78, 5) is 7.08. The minimum Gasteiger partial charge on any atom is -0.454 e. The Bertz CT molecular complexity index is 434. The van der Waals surface area contributed by atoms with Gasteiger partial charge in [-0.1, -0.05) is 6.92 Å². The largest absolute Gasteiger partial charge is 0.454 e. The van der Waals surface area contributed by atoms with Crippen molar-refractivity contribution in [2.75, 3.05) is 6.54 Å². The molecule has 0 spiro atoms. The van der Waals surface area contributed by atoms with Gasteiger partial charge in [0.05, 0.1) is 11.9 Å². The highest BCUT2D eigenvalue weighted by molar-refractivity contribution is 5.09. The summed E-state index contributed by atoms with van der Waals surface area (Å²) in [5, 5.41) is 2.89. The van der Waals surface area contributed by atoms with Crippen LogP contribution < -0.4 is 10.1 Å². The summed E-state index contributed by atoms with van der Waals surface area (Å²) in [5.74, 6) is -0.828. The summed E-state index contributed by atoms with van der Waals surface area (Å²) >= 11 is 0. The van der Waals surface area contributed by atoms with Crippen LogP contribution in [0.5, 0.6) is 5.88 Å². The highest BCUT2D eigenvalue weighted by Crippen LogP contribution is 2.35. The molecule has 1 aromatic heterocycles. The molecule has 0 saturated carbocycles. The van der Waals surface area contributed by atoms with E-state index in [0.717, 1.165) is 6.42 Å². The van der Waals surface area contributed by atoms with E-state index in [4.69, 9.17) is 0 Å². The highest BCUT2D eigenvalue weighted by atomic mass is 19.4. The van der Waals surface area contributed by atoms with Gasteiger partial charge in [-0.05, 0) is 13.0 Å². The van der Waals surface area contributed by atoms with E-state index in [1.54, 1.807) is 0 Å². The molecule has 0 aliphatic rings. The van der Waals surface area contributed by atoms with Crippen LogP contribution in [0.3, 0.4) is 0 Å². The number of hydrogen-bond acceptors (Lipinski definition) is 4. The molecule has 120 valence electrons. The van der Waals surface area contributed by atoms with Gasteiger partial charge in [-0.3, -0.25) is 4.98 Å². The van der Waals surface area contributed by atoms with Crippen LogP contribution in [-0.4, -0.2) is 35.0 Å². The molecular weight excluding hydrogens is 304 g/mol. The standard InChI is InChI=1S/C11H13F6N3O/c1-2-3-18-4-7-5-19-6-8(20-7)21-9(10(12,13)14)11(15,16)17/h5-6,9,18H,2-4H2,1H3. The summed E-state index contributed by atoms with van der Waals surface area (Å²) in [6.45, 7) is 2.69.